The van der Waals surface area contributed by atoms with E-state index in [0.717, 1.165) is 12.1 Å². The van der Waals surface area contributed by atoms with Gasteiger partial charge in [-0.25, -0.2) is 9.18 Å². The summed E-state index contributed by atoms with van der Waals surface area (Å²) in [4.78, 5) is 10.5. The molecule has 2 aromatic rings. The topological polar surface area (TPSA) is 63.3 Å². The van der Waals surface area contributed by atoms with E-state index in [9.17, 15) is 9.18 Å². The third-order valence-electron chi connectivity index (χ3n) is 1.64. The van der Waals surface area contributed by atoms with Crippen LogP contribution in [0, 0.1) is 5.82 Å². The maximum Gasteiger partial charge on any atom is 0.358 e. The minimum Gasteiger partial charge on any atom is -0.476 e. The number of hydrogen-bond donors (Lipinski definition) is 1. The summed E-state index contributed by atoms with van der Waals surface area (Å²) >= 11 is 0. The fourth-order valence-corrected chi connectivity index (χ4v) is 1.07. The number of hydrogen-bond acceptors (Lipinski definition) is 3. The fraction of sp³-hybridized carbons (Fsp3) is 0. The lowest BCUT2D eigenvalue weighted by atomic mass is 10.2. The molecule has 0 saturated carbocycles. The van der Waals surface area contributed by atoms with Gasteiger partial charge in [-0.3, -0.25) is 0 Å². The van der Waals surface area contributed by atoms with Gasteiger partial charge in [-0.15, -0.1) is 0 Å². The van der Waals surface area contributed by atoms with E-state index in [1.54, 1.807) is 0 Å². The van der Waals surface area contributed by atoms with Gasteiger partial charge in [-0.2, -0.15) is 0 Å². The molecule has 1 aromatic heterocycles. The van der Waals surface area contributed by atoms with Crippen molar-refractivity contribution in [1.29, 1.82) is 0 Å². The van der Waals surface area contributed by atoms with Gasteiger partial charge in [-0.05, 0) is 12.1 Å². The maximum absolute atomic E-state index is 12.6. The number of rotatable bonds is 1. The van der Waals surface area contributed by atoms with Crippen molar-refractivity contribution in [2.24, 2.45) is 0 Å². The number of nitrogens with zero attached hydrogens (tertiary/aromatic N) is 1. The third kappa shape index (κ3) is 1.14. The Hall–Kier alpha value is -1.91. The summed E-state index contributed by atoms with van der Waals surface area (Å²) in [6.07, 6.45) is 0. The van der Waals surface area contributed by atoms with E-state index < -0.39 is 11.8 Å². The lowest BCUT2D eigenvalue weighted by Crippen LogP contribution is -1.96. The number of carboxylic acid groups (broad SMARTS) is 1. The molecule has 4 nitrogen and oxygen atoms in total. The average Bonchev–Trinajstić information content (AvgIpc) is 2.46. The van der Waals surface area contributed by atoms with Crippen LogP contribution < -0.4 is 0 Å². The van der Waals surface area contributed by atoms with Crippen molar-refractivity contribution in [3.63, 3.8) is 0 Å². The summed E-state index contributed by atoms with van der Waals surface area (Å²) < 4.78 is 17.2. The molecule has 0 aliphatic rings. The van der Waals surface area contributed by atoms with Crippen molar-refractivity contribution in [2.75, 3.05) is 0 Å². The van der Waals surface area contributed by atoms with E-state index in [4.69, 9.17) is 5.11 Å². The quantitative estimate of drug-likeness (QED) is 0.726. The predicted octanol–water partition coefficient (Wildman–Crippen LogP) is 1.67. The van der Waals surface area contributed by atoms with Crippen LogP contribution in [0.2, 0.25) is 0 Å². The van der Waals surface area contributed by atoms with Crippen LogP contribution in [0.4, 0.5) is 4.39 Å². The molecule has 0 bridgehead atoms. The molecular formula is C8H4FNO3. The average molecular weight is 181 g/mol. The van der Waals surface area contributed by atoms with Crippen molar-refractivity contribution in [3.05, 3.63) is 29.7 Å². The van der Waals surface area contributed by atoms with Crippen LogP contribution in [0.15, 0.2) is 22.7 Å². The van der Waals surface area contributed by atoms with Gasteiger partial charge in [0.2, 0.25) is 0 Å². The molecule has 1 heterocycles. The zero-order valence-electron chi connectivity index (χ0n) is 6.32. The minimum absolute atomic E-state index is 0.136. The van der Waals surface area contributed by atoms with Crippen LogP contribution in [-0.4, -0.2) is 16.2 Å². The molecule has 0 spiro atoms. The van der Waals surface area contributed by atoms with E-state index >= 15 is 0 Å². The lowest BCUT2D eigenvalue weighted by Gasteiger charge is -1.87. The number of halogens is 1. The summed E-state index contributed by atoms with van der Waals surface area (Å²) in [6.45, 7) is 0. The number of carbonyl (C=O) groups is 1. The number of benzene rings is 1. The highest BCUT2D eigenvalue weighted by atomic mass is 19.1. The molecule has 5 heteroatoms. The van der Waals surface area contributed by atoms with Gasteiger partial charge < -0.3 is 9.63 Å². The molecule has 0 unspecified atom stereocenters. The molecule has 0 saturated heterocycles. The summed E-state index contributed by atoms with van der Waals surface area (Å²) in [7, 11) is 0. The highest BCUT2D eigenvalue weighted by molar-refractivity contribution is 5.99. The summed E-state index contributed by atoms with van der Waals surface area (Å²) in [5.41, 5.74) is -0.0626. The van der Waals surface area contributed by atoms with Gasteiger partial charge in [0.25, 0.3) is 0 Å². The molecule has 0 aliphatic heterocycles. The van der Waals surface area contributed by atoms with E-state index in [1.165, 1.54) is 6.07 Å². The minimum atomic E-state index is -1.19. The van der Waals surface area contributed by atoms with E-state index in [2.05, 4.69) is 9.68 Å². The zero-order valence-corrected chi connectivity index (χ0v) is 6.32. The number of fused-ring (bicyclic) bond motifs is 1. The Balaban J connectivity index is 2.76. The Morgan fingerprint density at radius 1 is 1.54 bits per heavy atom. The lowest BCUT2D eigenvalue weighted by molar-refractivity contribution is 0.0688. The second kappa shape index (κ2) is 2.55. The Kier molecular flexibility index (Phi) is 1.51. The van der Waals surface area contributed by atoms with Gasteiger partial charge >= 0.3 is 5.97 Å². The molecule has 2 rings (SSSR count). The standard InChI is InChI=1S/C8H4FNO3/c9-4-1-2-5-6(3-4)13-10-7(5)8(11)12/h1-3H,(H,11,12). The van der Waals surface area contributed by atoms with Crippen LogP contribution in [0.1, 0.15) is 10.5 Å². The number of carboxylic acids is 1. The molecule has 0 atom stereocenters. The van der Waals surface area contributed by atoms with E-state index in [1.807, 2.05) is 0 Å². The monoisotopic (exact) mass is 181 g/mol. The van der Waals surface area contributed by atoms with Crippen molar-refractivity contribution in [3.8, 4) is 0 Å². The van der Waals surface area contributed by atoms with Gasteiger partial charge in [0.1, 0.15) is 5.82 Å². The highest BCUT2D eigenvalue weighted by Crippen LogP contribution is 2.18. The van der Waals surface area contributed by atoms with Gasteiger partial charge in [0, 0.05) is 6.07 Å². The first-order chi connectivity index (χ1) is 6.18. The third-order valence-corrected chi connectivity index (χ3v) is 1.64. The number of aromatic nitrogens is 1. The molecular weight excluding hydrogens is 177 g/mol. The van der Waals surface area contributed by atoms with Crippen molar-refractivity contribution in [1.82, 2.24) is 5.16 Å². The molecule has 1 aromatic carbocycles. The first kappa shape index (κ1) is 7.72. The first-order valence-corrected chi connectivity index (χ1v) is 3.47. The van der Waals surface area contributed by atoms with Crippen molar-refractivity contribution >= 4 is 16.9 Å². The Bertz CT molecular complexity index is 477. The maximum atomic E-state index is 12.6. The van der Waals surface area contributed by atoms with Crippen molar-refractivity contribution in [2.45, 2.75) is 0 Å². The normalized spacial score (nSPS) is 10.5. The van der Waals surface area contributed by atoms with Crippen LogP contribution in [0.25, 0.3) is 11.0 Å². The molecule has 0 amide bonds. The summed E-state index contributed by atoms with van der Waals surface area (Å²) in [5, 5.41) is 12.2. The Morgan fingerprint density at radius 3 is 3.00 bits per heavy atom. The first-order valence-electron chi connectivity index (χ1n) is 3.47. The smallest absolute Gasteiger partial charge is 0.358 e. The highest BCUT2D eigenvalue weighted by Gasteiger charge is 2.14. The fourth-order valence-electron chi connectivity index (χ4n) is 1.07. The summed E-state index contributed by atoms with van der Waals surface area (Å²) in [6, 6.07) is 3.57. The second-order valence-corrected chi connectivity index (χ2v) is 2.48. The predicted molar refractivity (Wildman–Crippen MR) is 40.9 cm³/mol. The second-order valence-electron chi connectivity index (χ2n) is 2.48. The largest absolute Gasteiger partial charge is 0.476 e. The molecule has 1 N–H and O–H groups in total. The van der Waals surface area contributed by atoms with Gasteiger partial charge in [0.15, 0.2) is 11.3 Å². The SMILES string of the molecule is O=C(O)c1noc2cc(F)ccc12. The summed E-state index contributed by atoms with van der Waals surface area (Å²) in [5.74, 6) is -1.68. The molecule has 13 heavy (non-hydrogen) atoms. The van der Waals surface area contributed by atoms with Crippen LogP contribution in [0.5, 0.6) is 0 Å². The molecule has 0 radical (unpaired) electrons. The molecule has 0 fully saturated rings. The van der Waals surface area contributed by atoms with Crippen LogP contribution in [-0.2, 0) is 0 Å². The van der Waals surface area contributed by atoms with E-state index in [-0.39, 0.29) is 11.3 Å². The Morgan fingerprint density at radius 2 is 2.31 bits per heavy atom. The zero-order chi connectivity index (χ0) is 9.42. The molecule has 66 valence electrons. The van der Waals surface area contributed by atoms with Gasteiger partial charge in [0.05, 0.1) is 5.39 Å². The van der Waals surface area contributed by atoms with Gasteiger partial charge in [-0.1, -0.05) is 5.16 Å². The Labute approximate surface area is 71.6 Å². The molecule has 0 aliphatic carbocycles. The van der Waals surface area contributed by atoms with E-state index in [0.29, 0.717) is 5.39 Å². The number of aromatic carboxylic acids is 1. The van der Waals surface area contributed by atoms with Crippen LogP contribution >= 0.6 is 0 Å². The van der Waals surface area contributed by atoms with Crippen molar-refractivity contribution < 1.29 is 18.8 Å². The van der Waals surface area contributed by atoms with Crippen LogP contribution in [0.3, 0.4) is 0 Å².